The second kappa shape index (κ2) is 3.47. The third-order valence-corrected chi connectivity index (χ3v) is 3.10. The van der Waals surface area contributed by atoms with Crippen molar-refractivity contribution in [3.8, 4) is 0 Å². The van der Waals surface area contributed by atoms with Crippen LogP contribution in [0.4, 0.5) is 0 Å². The van der Waals surface area contributed by atoms with Gasteiger partial charge >= 0.3 is 5.97 Å². The molecule has 1 heterocycles. The van der Waals surface area contributed by atoms with Crippen molar-refractivity contribution in [3.63, 3.8) is 0 Å². The van der Waals surface area contributed by atoms with Gasteiger partial charge in [0.25, 0.3) is 0 Å². The lowest BCUT2D eigenvalue weighted by molar-refractivity contribution is -0.218. The van der Waals surface area contributed by atoms with Crippen LogP contribution in [0.15, 0.2) is 0 Å². The minimum absolute atomic E-state index is 0.241. The topological polar surface area (TPSA) is 84.2 Å². The monoisotopic (exact) mass is 202 g/mol. The summed E-state index contributed by atoms with van der Waals surface area (Å²) in [6.07, 6.45) is 2.11. The molecular weight excluding hydrogens is 188 g/mol. The van der Waals surface area contributed by atoms with Crippen LogP contribution >= 0.6 is 0 Å². The van der Waals surface area contributed by atoms with Crippen LogP contribution in [0, 0.1) is 0 Å². The van der Waals surface area contributed by atoms with Gasteiger partial charge < -0.3 is 15.5 Å². The summed E-state index contributed by atoms with van der Waals surface area (Å²) in [5.74, 6) is -1.22. The highest BCUT2D eigenvalue weighted by Gasteiger charge is 2.50. The Morgan fingerprint density at radius 3 is 1.86 bits per heavy atom. The quantitative estimate of drug-likeness (QED) is 0.559. The van der Waals surface area contributed by atoms with Crippen LogP contribution in [0.2, 0.25) is 0 Å². The number of carbonyl (C=O) groups is 1. The van der Waals surface area contributed by atoms with E-state index in [9.17, 15) is 15.2 Å². The molecule has 0 amide bonds. The van der Waals surface area contributed by atoms with Crippen LogP contribution in [0.25, 0.3) is 0 Å². The Kier molecular flexibility index (Phi) is 2.44. The molecule has 2 rings (SSSR count). The highest BCUT2D eigenvalue weighted by atomic mass is 16.6. The molecule has 6 heteroatoms. The van der Waals surface area contributed by atoms with Gasteiger partial charge in [-0.15, -0.1) is 0 Å². The largest absolute Gasteiger partial charge is 0.479 e. The molecule has 80 valence electrons. The maximum atomic E-state index is 10.8. The zero-order valence-electron chi connectivity index (χ0n) is 7.70. The molecule has 0 bridgehead atoms. The van der Waals surface area contributed by atoms with Crippen LogP contribution in [0.5, 0.6) is 0 Å². The summed E-state index contributed by atoms with van der Waals surface area (Å²) in [5, 5.41) is 29.5. The average Bonchev–Trinajstić information content (AvgIpc) is 2.41. The molecular formula is C8H14N2O4. The van der Waals surface area contributed by atoms with Crippen molar-refractivity contribution in [1.29, 1.82) is 0 Å². The molecule has 1 aliphatic carbocycles. The minimum Gasteiger partial charge on any atom is -0.479 e. The third-order valence-electron chi connectivity index (χ3n) is 3.10. The lowest BCUT2D eigenvalue weighted by Crippen LogP contribution is -2.43. The molecule has 6 nitrogen and oxygen atoms in total. The molecule has 0 spiro atoms. The van der Waals surface area contributed by atoms with Gasteiger partial charge in [-0.3, -0.25) is 0 Å². The molecule has 0 radical (unpaired) electrons. The number of fused-ring (bicyclic) bond motifs is 1. The maximum Gasteiger partial charge on any atom is 0.340 e. The van der Waals surface area contributed by atoms with E-state index in [1.54, 1.807) is 0 Å². The van der Waals surface area contributed by atoms with E-state index < -0.39 is 12.1 Å². The van der Waals surface area contributed by atoms with Crippen molar-refractivity contribution in [1.82, 2.24) is 10.1 Å². The van der Waals surface area contributed by atoms with Gasteiger partial charge in [0.15, 0.2) is 0 Å². The number of hydrogen-bond acceptors (Lipinski definition) is 5. The Morgan fingerprint density at radius 1 is 1.07 bits per heavy atom. The van der Waals surface area contributed by atoms with E-state index in [4.69, 9.17) is 5.11 Å². The van der Waals surface area contributed by atoms with Gasteiger partial charge in [-0.25, -0.2) is 4.79 Å². The van der Waals surface area contributed by atoms with Crippen LogP contribution in [0.3, 0.4) is 0 Å². The molecule has 2 aliphatic rings. The molecule has 2 fully saturated rings. The summed E-state index contributed by atoms with van der Waals surface area (Å²) < 4.78 is 0. The van der Waals surface area contributed by atoms with Crippen molar-refractivity contribution in [2.45, 2.75) is 43.9 Å². The number of hydrogen-bond donors (Lipinski definition) is 3. The Morgan fingerprint density at radius 2 is 1.50 bits per heavy atom. The molecule has 1 saturated carbocycles. The highest BCUT2D eigenvalue weighted by Crippen LogP contribution is 2.33. The maximum absolute atomic E-state index is 10.8. The molecule has 2 atom stereocenters. The molecule has 14 heavy (non-hydrogen) atoms. The van der Waals surface area contributed by atoms with E-state index in [1.165, 1.54) is 0 Å². The van der Waals surface area contributed by atoms with Gasteiger partial charge in [0.2, 0.25) is 6.17 Å². The summed E-state index contributed by atoms with van der Waals surface area (Å²) >= 11 is 0. The van der Waals surface area contributed by atoms with E-state index in [2.05, 4.69) is 0 Å². The summed E-state index contributed by atoms with van der Waals surface area (Å²) in [6.45, 7) is 0. The molecule has 1 aliphatic heterocycles. The van der Waals surface area contributed by atoms with Gasteiger partial charge in [-0.05, 0) is 12.8 Å². The van der Waals surface area contributed by atoms with Gasteiger partial charge in [0.05, 0.1) is 12.1 Å². The number of nitrogens with zero attached hydrogens (tertiary/aromatic N) is 2. The zero-order chi connectivity index (χ0) is 10.3. The number of aliphatic carboxylic acids is 1. The van der Waals surface area contributed by atoms with E-state index in [0.717, 1.165) is 35.8 Å². The number of hydroxylamine groups is 4. The van der Waals surface area contributed by atoms with Crippen molar-refractivity contribution in [3.05, 3.63) is 0 Å². The number of rotatable bonds is 1. The Hall–Kier alpha value is -0.690. The molecule has 0 aromatic carbocycles. The molecule has 3 N–H and O–H groups in total. The first-order valence-electron chi connectivity index (χ1n) is 4.80. The summed E-state index contributed by atoms with van der Waals surface area (Å²) in [4.78, 5) is 10.8. The van der Waals surface area contributed by atoms with Crippen LogP contribution in [0.1, 0.15) is 25.7 Å². The van der Waals surface area contributed by atoms with Crippen LogP contribution in [-0.2, 0) is 4.79 Å². The van der Waals surface area contributed by atoms with Crippen molar-refractivity contribution in [2.75, 3.05) is 0 Å². The summed E-state index contributed by atoms with van der Waals surface area (Å²) in [6, 6.07) is -0.482. The molecule has 0 aromatic heterocycles. The number of carboxylic acids is 1. The van der Waals surface area contributed by atoms with Crippen molar-refractivity contribution >= 4 is 5.97 Å². The van der Waals surface area contributed by atoms with Crippen molar-refractivity contribution < 1.29 is 20.3 Å². The fourth-order valence-electron chi connectivity index (χ4n) is 2.42. The van der Waals surface area contributed by atoms with Gasteiger partial charge in [0, 0.05) is 0 Å². The van der Waals surface area contributed by atoms with Crippen LogP contribution < -0.4 is 0 Å². The fourth-order valence-corrected chi connectivity index (χ4v) is 2.42. The Labute approximate surface area is 81.3 Å². The first kappa shape index (κ1) is 9.85. The standard InChI is InChI=1S/C8H14N2O4/c11-8(12)7-9(13)5-3-1-2-4-6(5)10(7)14/h5-7,13-14H,1-4H2,(H,11,12)/t5-,6-/m1/s1. The van der Waals surface area contributed by atoms with Gasteiger partial charge in [-0.2, -0.15) is 10.1 Å². The summed E-state index contributed by atoms with van der Waals surface area (Å²) in [7, 11) is 0. The molecule has 0 aromatic rings. The Bertz CT molecular complexity index is 229. The second-order valence-corrected chi connectivity index (χ2v) is 3.89. The first-order chi connectivity index (χ1) is 6.63. The van der Waals surface area contributed by atoms with Gasteiger partial charge in [-0.1, -0.05) is 12.8 Å². The molecule has 0 unspecified atom stereocenters. The highest BCUT2D eigenvalue weighted by molar-refractivity contribution is 5.73. The zero-order valence-corrected chi connectivity index (χ0v) is 7.70. The molecule has 1 saturated heterocycles. The third kappa shape index (κ3) is 1.31. The van der Waals surface area contributed by atoms with Gasteiger partial charge in [0.1, 0.15) is 0 Å². The lowest BCUT2D eigenvalue weighted by Gasteiger charge is -2.27. The van der Waals surface area contributed by atoms with Crippen LogP contribution in [-0.4, -0.2) is 49.9 Å². The van der Waals surface area contributed by atoms with E-state index in [0.29, 0.717) is 0 Å². The van der Waals surface area contributed by atoms with Crippen molar-refractivity contribution in [2.24, 2.45) is 0 Å². The van der Waals surface area contributed by atoms with E-state index in [1.807, 2.05) is 0 Å². The minimum atomic E-state index is -1.30. The first-order valence-corrected chi connectivity index (χ1v) is 4.80. The average molecular weight is 202 g/mol. The normalized spacial score (nSPS) is 35.9. The van der Waals surface area contributed by atoms with E-state index >= 15 is 0 Å². The predicted octanol–water partition coefficient (Wildman–Crippen LogP) is 0.104. The fraction of sp³-hybridized carbons (Fsp3) is 0.875. The summed E-state index contributed by atoms with van der Waals surface area (Å²) in [5.41, 5.74) is 0. The smallest absolute Gasteiger partial charge is 0.340 e. The second-order valence-electron chi connectivity index (χ2n) is 3.89. The predicted molar refractivity (Wildman–Crippen MR) is 44.7 cm³/mol. The lowest BCUT2D eigenvalue weighted by atomic mass is 9.91. The van der Waals surface area contributed by atoms with E-state index in [-0.39, 0.29) is 12.1 Å². The SMILES string of the molecule is O=C(O)C1N(O)[C@@H]2CCCC[C@H]2N1O. The Balaban J connectivity index is 2.19. The number of carboxylic acid groups (broad SMARTS) is 1.